The molecule has 54 valence electrons. The van der Waals surface area contributed by atoms with Crippen LogP contribution < -0.4 is 0 Å². The second-order valence-corrected chi connectivity index (χ2v) is 5.68. The number of hydrogen-bond donors (Lipinski definition) is 0. The van der Waals surface area contributed by atoms with Gasteiger partial charge in [-0.2, -0.15) is 0 Å². The molecule has 0 radical (unpaired) electrons. The number of rotatable bonds is 0. The summed E-state index contributed by atoms with van der Waals surface area (Å²) >= 11 is 0. The van der Waals surface area contributed by atoms with Crippen molar-refractivity contribution in [1.82, 2.24) is 0 Å². The summed E-state index contributed by atoms with van der Waals surface area (Å²) in [5, 5.41) is 2.09. The molecule has 1 heterocycles. The summed E-state index contributed by atoms with van der Waals surface area (Å²) in [6.07, 6.45) is 10.4. The van der Waals surface area contributed by atoms with E-state index in [-0.39, 0.29) is 0 Å². The Morgan fingerprint density at radius 1 is 1.00 bits per heavy atom. The Bertz CT molecular complexity index is 140. The first-order valence-corrected chi connectivity index (χ1v) is 6.65. The standard InChI is InChI=1S/C7H8S3/c1-2-4-6-8-10-9-7-5-3-1/h1-6H,7H2/b2-1-,5-3+,6-4-. The number of hydrogen-bond acceptors (Lipinski definition) is 3. The molecule has 10 heavy (non-hydrogen) atoms. The molecule has 0 amide bonds. The van der Waals surface area contributed by atoms with Gasteiger partial charge in [-0.25, -0.2) is 0 Å². The van der Waals surface area contributed by atoms with Gasteiger partial charge in [-0.05, 0) is 15.2 Å². The second-order valence-electron chi connectivity index (χ2n) is 1.59. The maximum absolute atomic E-state index is 2.16. The Balaban J connectivity index is 2.40. The van der Waals surface area contributed by atoms with Crippen molar-refractivity contribution in [2.45, 2.75) is 0 Å². The molecule has 0 nitrogen and oxygen atoms in total. The van der Waals surface area contributed by atoms with Crippen LogP contribution >= 0.6 is 31.4 Å². The molecule has 0 aromatic rings. The van der Waals surface area contributed by atoms with Crippen molar-refractivity contribution in [2.75, 3.05) is 5.75 Å². The van der Waals surface area contributed by atoms with Crippen molar-refractivity contribution in [3.63, 3.8) is 0 Å². The predicted molar refractivity (Wildman–Crippen MR) is 55.1 cm³/mol. The molecule has 0 spiro atoms. The van der Waals surface area contributed by atoms with Gasteiger partial charge >= 0.3 is 0 Å². The van der Waals surface area contributed by atoms with Gasteiger partial charge in [0, 0.05) is 5.75 Å². The van der Waals surface area contributed by atoms with Gasteiger partial charge < -0.3 is 0 Å². The van der Waals surface area contributed by atoms with Crippen LogP contribution in [0.2, 0.25) is 0 Å². The lowest BCUT2D eigenvalue weighted by Gasteiger charge is -1.91. The Morgan fingerprint density at radius 2 is 1.90 bits per heavy atom. The molecule has 1 rings (SSSR count). The van der Waals surface area contributed by atoms with Crippen molar-refractivity contribution >= 4 is 31.4 Å². The second kappa shape index (κ2) is 6.01. The summed E-state index contributed by atoms with van der Waals surface area (Å²) in [6.45, 7) is 0. The fourth-order valence-electron chi connectivity index (χ4n) is 0.457. The van der Waals surface area contributed by atoms with E-state index in [4.69, 9.17) is 0 Å². The molecule has 0 saturated heterocycles. The van der Waals surface area contributed by atoms with E-state index >= 15 is 0 Å². The smallest absolute Gasteiger partial charge is 0.0229 e. The van der Waals surface area contributed by atoms with Gasteiger partial charge in [0.15, 0.2) is 0 Å². The zero-order valence-electron chi connectivity index (χ0n) is 5.40. The van der Waals surface area contributed by atoms with Crippen LogP contribution in [0.5, 0.6) is 0 Å². The molecular formula is C7H8S3. The zero-order chi connectivity index (χ0) is 7.07. The Hall–Kier alpha value is 0.270. The summed E-state index contributed by atoms with van der Waals surface area (Å²) in [4.78, 5) is 0. The van der Waals surface area contributed by atoms with Crippen LogP contribution in [0.15, 0.2) is 35.8 Å². The largest absolute Gasteiger partial charge is 0.0781 e. The first-order valence-electron chi connectivity index (χ1n) is 2.93. The third kappa shape index (κ3) is 4.14. The first kappa shape index (κ1) is 8.37. The van der Waals surface area contributed by atoms with E-state index in [1.165, 1.54) is 0 Å². The highest BCUT2D eigenvalue weighted by Gasteiger charge is 1.84. The fraction of sp³-hybridized carbons (Fsp3) is 0.143. The zero-order valence-corrected chi connectivity index (χ0v) is 7.85. The van der Waals surface area contributed by atoms with Crippen molar-refractivity contribution in [3.05, 3.63) is 35.8 Å². The minimum Gasteiger partial charge on any atom is -0.0781 e. The van der Waals surface area contributed by atoms with Crippen LogP contribution in [-0.4, -0.2) is 5.75 Å². The average Bonchev–Trinajstić information content (AvgIpc) is 2.01. The van der Waals surface area contributed by atoms with Crippen LogP contribution in [0.25, 0.3) is 0 Å². The van der Waals surface area contributed by atoms with Crippen LogP contribution in [0, 0.1) is 0 Å². The van der Waals surface area contributed by atoms with E-state index in [1.807, 2.05) is 38.8 Å². The molecule has 1 aliphatic heterocycles. The molecule has 3 heteroatoms. The van der Waals surface area contributed by atoms with Crippen molar-refractivity contribution in [1.29, 1.82) is 0 Å². The highest BCUT2D eigenvalue weighted by Crippen LogP contribution is 2.35. The van der Waals surface area contributed by atoms with Gasteiger partial charge in [0.25, 0.3) is 0 Å². The molecule has 1 aliphatic rings. The molecule has 0 bridgehead atoms. The third-order valence-corrected chi connectivity index (χ3v) is 4.47. The van der Waals surface area contributed by atoms with Gasteiger partial charge in [0.2, 0.25) is 0 Å². The Morgan fingerprint density at radius 3 is 2.90 bits per heavy atom. The Kier molecular flexibility index (Phi) is 5.03. The van der Waals surface area contributed by atoms with Crippen molar-refractivity contribution in [2.24, 2.45) is 0 Å². The van der Waals surface area contributed by atoms with Crippen LogP contribution in [0.1, 0.15) is 0 Å². The summed E-state index contributed by atoms with van der Waals surface area (Å²) in [5.41, 5.74) is 0. The lowest BCUT2D eigenvalue weighted by atomic mass is 10.4. The third-order valence-electron chi connectivity index (χ3n) is 0.855. The van der Waals surface area contributed by atoms with E-state index in [0.29, 0.717) is 0 Å². The summed E-state index contributed by atoms with van der Waals surface area (Å²) in [7, 11) is 5.44. The number of allylic oxidation sites excluding steroid dienone is 4. The first-order chi connectivity index (χ1) is 5.00. The van der Waals surface area contributed by atoms with Gasteiger partial charge in [-0.3, -0.25) is 0 Å². The molecule has 0 aromatic carbocycles. The maximum atomic E-state index is 2.16. The van der Waals surface area contributed by atoms with E-state index in [2.05, 4.69) is 17.6 Å². The molecule has 0 N–H and O–H groups in total. The fourth-order valence-corrected chi connectivity index (χ4v) is 3.26. The van der Waals surface area contributed by atoms with Crippen molar-refractivity contribution < 1.29 is 0 Å². The summed E-state index contributed by atoms with van der Waals surface area (Å²) in [5.74, 6) is 1.09. The summed E-state index contributed by atoms with van der Waals surface area (Å²) in [6, 6.07) is 0. The van der Waals surface area contributed by atoms with E-state index in [1.54, 1.807) is 10.8 Å². The molecule has 0 fully saturated rings. The quantitative estimate of drug-likeness (QED) is 0.533. The van der Waals surface area contributed by atoms with Gasteiger partial charge in [-0.15, -0.1) is 0 Å². The molecular weight excluding hydrogens is 180 g/mol. The topological polar surface area (TPSA) is 0 Å². The SMILES string of the molecule is C1=C\C=C\CSSS\C=C/1. The lowest BCUT2D eigenvalue weighted by molar-refractivity contribution is 1.76. The van der Waals surface area contributed by atoms with Crippen LogP contribution in [0.3, 0.4) is 0 Å². The van der Waals surface area contributed by atoms with E-state index < -0.39 is 0 Å². The Labute approximate surface area is 73.0 Å². The average molecular weight is 188 g/mol. The minimum atomic E-state index is 1.09. The highest BCUT2D eigenvalue weighted by atomic mass is 33.5. The summed E-state index contributed by atoms with van der Waals surface area (Å²) < 4.78 is 0. The molecule has 0 unspecified atom stereocenters. The highest BCUT2D eigenvalue weighted by molar-refractivity contribution is 9.10. The molecule has 0 aromatic heterocycles. The van der Waals surface area contributed by atoms with Gasteiger partial charge in [-0.1, -0.05) is 52.0 Å². The lowest BCUT2D eigenvalue weighted by Crippen LogP contribution is -1.62. The van der Waals surface area contributed by atoms with Crippen LogP contribution in [0.4, 0.5) is 0 Å². The van der Waals surface area contributed by atoms with Crippen molar-refractivity contribution in [3.8, 4) is 0 Å². The van der Waals surface area contributed by atoms with Crippen LogP contribution in [-0.2, 0) is 0 Å². The molecule has 0 atom stereocenters. The molecule has 0 saturated carbocycles. The van der Waals surface area contributed by atoms with Gasteiger partial charge in [0.05, 0.1) is 0 Å². The van der Waals surface area contributed by atoms with Gasteiger partial charge in [0.1, 0.15) is 0 Å². The minimum absolute atomic E-state index is 1.09. The monoisotopic (exact) mass is 188 g/mol. The normalized spacial score (nSPS) is 28.8. The van der Waals surface area contributed by atoms with E-state index in [9.17, 15) is 0 Å². The predicted octanol–water partition coefficient (Wildman–Crippen LogP) is 3.66. The molecule has 0 aliphatic carbocycles. The maximum Gasteiger partial charge on any atom is 0.0229 e. The van der Waals surface area contributed by atoms with E-state index in [0.717, 1.165) is 5.75 Å².